The van der Waals surface area contributed by atoms with Gasteiger partial charge in [-0.1, -0.05) is 11.6 Å². The van der Waals surface area contributed by atoms with Crippen LogP contribution in [0.3, 0.4) is 0 Å². The highest BCUT2D eigenvalue weighted by molar-refractivity contribution is 6.30. The largest absolute Gasteiger partial charge is 0.340 e. The second kappa shape index (κ2) is 6.26. The van der Waals surface area contributed by atoms with Crippen LogP contribution in [-0.2, 0) is 13.1 Å². The predicted octanol–water partition coefficient (Wildman–Crippen LogP) is 4.19. The second-order valence-corrected chi connectivity index (χ2v) is 6.13. The summed E-state index contributed by atoms with van der Waals surface area (Å²) < 4.78 is 15.4. The van der Waals surface area contributed by atoms with Crippen LogP contribution in [0.5, 0.6) is 0 Å². The predicted molar refractivity (Wildman–Crippen MR) is 94.1 cm³/mol. The number of hydrogen-bond donors (Lipinski definition) is 2. The molecule has 0 saturated carbocycles. The van der Waals surface area contributed by atoms with Gasteiger partial charge in [0.05, 0.1) is 6.54 Å². The number of nitrogens with one attached hydrogen (secondary N) is 2. The fourth-order valence-corrected chi connectivity index (χ4v) is 3.00. The van der Waals surface area contributed by atoms with Gasteiger partial charge in [0.15, 0.2) is 0 Å². The lowest BCUT2D eigenvalue weighted by Gasteiger charge is -2.18. The Balaban J connectivity index is 1.79. The number of benzene rings is 2. The lowest BCUT2D eigenvalue weighted by Crippen LogP contribution is -2.28. The van der Waals surface area contributed by atoms with Gasteiger partial charge in [0.25, 0.3) is 0 Å². The van der Waals surface area contributed by atoms with Gasteiger partial charge in [-0.05, 0) is 48.5 Å². The van der Waals surface area contributed by atoms with Gasteiger partial charge in [-0.15, -0.1) is 0 Å². The Morgan fingerprint density at radius 3 is 2.58 bits per heavy atom. The molecule has 0 unspecified atom stereocenters. The lowest BCUT2D eigenvalue weighted by molar-refractivity contribution is 0.509. The Morgan fingerprint density at radius 2 is 1.83 bits per heavy atom. The van der Waals surface area contributed by atoms with Crippen LogP contribution < -0.4 is 10.6 Å². The first-order chi connectivity index (χ1) is 11.7. The van der Waals surface area contributed by atoms with Gasteiger partial charge in [0.2, 0.25) is 0 Å². The van der Waals surface area contributed by atoms with Gasteiger partial charge in [-0.3, -0.25) is 0 Å². The third-order valence-corrected chi connectivity index (χ3v) is 4.32. The van der Waals surface area contributed by atoms with E-state index in [2.05, 4.69) is 15.2 Å². The van der Waals surface area contributed by atoms with E-state index in [1.54, 1.807) is 12.1 Å². The number of fused-ring (bicyclic) bond motifs is 1. The van der Waals surface area contributed by atoms with Gasteiger partial charge in [0.1, 0.15) is 23.2 Å². The van der Waals surface area contributed by atoms with E-state index in [0.29, 0.717) is 5.02 Å². The Morgan fingerprint density at radius 1 is 1.08 bits per heavy atom. The smallest absolute Gasteiger partial charge is 0.138 e. The molecule has 0 amide bonds. The summed E-state index contributed by atoms with van der Waals surface area (Å²) in [5, 5.41) is 7.46. The van der Waals surface area contributed by atoms with Gasteiger partial charge >= 0.3 is 0 Å². The topological polar surface area (TPSA) is 41.9 Å². The maximum atomic E-state index is 13.3. The number of anilines is 2. The summed E-state index contributed by atoms with van der Waals surface area (Å²) >= 11 is 5.96. The fourth-order valence-electron chi connectivity index (χ4n) is 2.87. The van der Waals surface area contributed by atoms with Crippen molar-refractivity contribution in [2.45, 2.75) is 13.1 Å². The zero-order valence-corrected chi connectivity index (χ0v) is 13.6. The molecule has 2 N–H and O–H groups in total. The molecule has 122 valence electrons. The third kappa shape index (κ3) is 2.88. The maximum Gasteiger partial charge on any atom is 0.138 e. The standard InChI is InChI=1S/C18H16ClFN4/c19-13-3-7-15(8-4-13)22-18-17(12-1-5-14(20)6-2-12)23-16-11-21-9-10-24(16)18/h1-8,21-22H,9-11H2. The molecule has 0 radical (unpaired) electrons. The number of hydrogen-bond acceptors (Lipinski definition) is 3. The molecule has 1 aliphatic rings. The highest BCUT2D eigenvalue weighted by Gasteiger charge is 2.20. The molecular weight excluding hydrogens is 327 g/mol. The molecular formula is C18H16ClFN4. The van der Waals surface area contributed by atoms with Crippen LogP contribution >= 0.6 is 11.6 Å². The minimum atomic E-state index is -0.253. The molecule has 0 atom stereocenters. The average molecular weight is 343 g/mol. The van der Waals surface area contributed by atoms with E-state index in [9.17, 15) is 4.39 Å². The summed E-state index contributed by atoms with van der Waals surface area (Å²) in [6.45, 7) is 2.44. The number of imidazole rings is 1. The monoisotopic (exact) mass is 342 g/mol. The highest BCUT2D eigenvalue weighted by Crippen LogP contribution is 2.32. The first kappa shape index (κ1) is 15.2. The number of halogens is 2. The van der Waals surface area contributed by atoms with E-state index in [1.807, 2.05) is 24.3 Å². The Hall–Kier alpha value is -2.37. The molecule has 0 fully saturated rings. The second-order valence-electron chi connectivity index (χ2n) is 5.69. The molecule has 0 spiro atoms. The van der Waals surface area contributed by atoms with Gasteiger partial charge in [-0.2, -0.15) is 0 Å². The van der Waals surface area contributed by atoms with Crippen molar-refractivity contribution in [3.63, 3.8) is 0 Å². The van der Waals surface area contributed by atoms with Crippen LogP contribution in [0.4, 0.5) is 15.9 Å². The zero-order valence-electron chi connectivity index (χ0n) is 12.9. The normalized spacial score (nSPS) is 13.6. The molecule has 4 rings (SSSR count). The third-order valence-electron chi connectivity index (χ3n) is 4.07. The molecule has 0 bridgehead atoms. The maximum absolute atomic E-state index is 13.3. The molecule has 1 aliphatic heterocycles. The summed E-state index contributed by atoms with van der Waals surface area (Å²) in [7, 11) is 0. The first-order valence-corrected chi connectivity index (χ1v) is 8.17. The molecule has 3 aromatic rings. The van der Waals surface area contributed by atoms with Crippen molar-refractivity contribution in [1.29, 1.82) is 0 Å². The molecule has 0 aliphatic carbocycles. The van der Waals surface area contributed by atoms with Crippen LogP contribution in [0.2, 0.25) is 5.02 Å². The molecule has 2 aromatic carbocycles. The Kier molecular flexibility index (Phi) is 3.96. The zero-order chi connectivity index (χ0) is 16.5. The molecule has 4 nitrogen and oxygen atoms in total. The summed E-state index contributed by atoms with van der Waals surface area (Å²) in [6.07, 6.45) is 0. The van der Waals surface area contributed by atoms with E-state index >= 15 is 0 Å². The van der Waals surface area contributed by atoms with Crippen LogP contribution in [0.25, 0.3) is 11.3 Å². The highest BCUT2D eigenvalue weighted by atomic mass is 35.5. The van der Waals surface area contributed by atoms with E-state index in [0.717, 1.165) is 48.2 Å². The lowest BCUT2D eigenvalue weighted by atomic mass is 10.1. The average Bonchev–Trinajstić information content (AvgIpc) is 2.96. The Labute approximate surface area is 144 Å². The first-order valence-electron chi connectivity index (χ1n) is 7.79. The summed E-state index contributed by atoms with van der Waals surface area (Å²) in [6, 6.07) is 14.0. The minimum absolute atomic E-state index is 0.253. The van der Waals surface area contributed by atoms with Crippen molar-refractivity contribution in [3.05, 3.63) is 65.2 Å². The van der Waals surface area contributed by atoms with Gasteiger partial charge in [-0.25, -0.2) is 9.37 Å². The van der Waals surface area contributed by atoms with Crippen LogP contribution in [-0.4, -0.2) is 16.1 Å². The van der Waals surface area contributed by atoms with Gasteiger partial charge < -0.3 is 15.2 Å². The minimum Gasteiger partial charge on any atom is -0.340 e. The quantitative estimate of drug-likeness (QED) is 0.750. The SMILES string of the molecule is Fc1ccc(-c2nc3n(c2Nc2ccc(Cl)cc2)CCNC3)cc1. The molecule has 0 saturated heterocycles. The van der Waals surface area contributed by atoms with Crippen LogP contribution in [0, 0.1) is 5.82 Å². The summed E-state index contributed by atoms with van der Waals surface area (Å²) in [4.78, 5) is 4.75. The number of nitrogens with zero attached hydrogens (tertiary/aromatic N) is 2. The number of aromatic nitrogens is 2. The van der Waals surface area contributed by atoms with Crippen LogP contribution in [0.15, 0.2) is 48.5 Å². The van der Waals surface area contributed by atoms with E-state index < -0.39 is 0 Å². The van der Waals surface area contributed by atoms with E-state index in [1.165, 1.54) is 12.1 Å². The van der Waals surface area contributed by atoms with Crippen LogP contribution in [0.1, 0.15) is 5.82 Å². The van der Waals surface area contributed by atoms with Gasteiger partial charge in [0, 0.05) is 29.4 Å². The van der Waals surface area contributed by atoms with Crippen molar-refractivity contribution in [2.75, 3.05) is 11.9 Å². The van der Waals surface area contributed by atoms with Crippen molar-refractivity contribution >= 4 is 23.1 Å². The van der Waals surface area contributed by atoms with Crippen molar-refractivity contribution in [3.8, 4) is 11.3 Å². The van der Waals surface area contributed by atoms with E-state index in [-0.39, 0.29) is 5.82 Å². The Bertz CT molecular complexity index is 856. The molecule has 2 heterocycles. The molecule has 6 heteroatoms. The van der Waals surface area contributed by atoms with E-state index in [4.69, 9.17) is 16.6 Å². The van der Waals surface area contributed by atoms with Crippen molar-refractivity contribution < 1.29 is 4.39 Å². The molecule has 24 heavy (non-hydrogen) atoms. The summed E-state index contributed by atoms with van der Waals surface area (Å²) in [5.74, 6) is 1.63. The number of rotatable bonds is 3. The summed E-state index contributed by atoms with van der Waals surface area (Å²) in [5.41, 5.74) is 2.64. The molecule has 1 aromatic heterocycles. The van der Waals surface area contributed by atoms with Crippen molar-refractivity contribution in [1.82, 2.24) is 14.9 Å². The fraction of sp³-hybridized carbons (Fsp3) is 0.167. The van der Waals surface area contributed by atoms with Crippen molar-refractivity contribution in [2.24, 2.45) is 0 Å².